The number of aliphatic hydroxyl groups is 1. The molecule has 228 valence electrons. The van der Waals surface area contributed by atoms with Crippen molar-refractivity contribution in [1.29, 1.82) is 0 Å². The van der Waals surface area contributed by atoms with Gasteiger partial charge in [-0.1, -0.05) is 42.9 Å². The predicted molar refractivity (Wildman–Crippen MR) is 157 cm³/mol. The molecule has 1 aliphatic carbocycles. The molecule has 0 radical (unpaired) electrons. The molecule has 0 aromatic rings. The van der Waals surface area contributed by atoms with E-state index in [0.29, 0.717) is 12.8 Å². The molecule has 40 heavy (non-hydrogen) atoms. The number of carbonyl (C=O) groups excluding carboxylic acids is 1. The highest BCUT2D eigenvalue weighted by Gasteiger charge is 2.42. The molecular formula is C33H54O7. The third-order valence-electron chi connectivity index (χ3n) is 8.34. The van der Waals surface area contributed by atoms with E-state index in [9.17, 15) is 9.90 Å². The van der Waals surface area contributed by atoms with Crippen molar-refractivity contribution < 1.29 is 33.6 Å². The Hall–Kier alpha value is -1.51. The lowest BCUT2D eigenvalue weighted by atomic mass is 9.88. The summed E-state index contributed by atoms with van der Waals surface area (Å²) in [6.07, 6.45) is 20.5. The molecule has 1 N–H and O–H groups in total. The van der Waals surface area contributed by atoms with Crippen molar-refractivity contribution in [2.75, 3.05) is 20.3 Å². The molecule has 1 saturated carbocycles. The van der Waals surface area contributed by atoms with E-state index in [-0.39, 0.29) is 48.5 Å². The highest BCUT2D eigenvalue weighted by atomic mass is 16.7. The minimum atomic E-state index is -0.452. The zero-order valence-corrected chi connectivity index (χ0v) is 25.3. The normalized spacial score (nSPS) is 30.9. The number of ether oxygens (including phenoxy) is 5. The van der Waals surface area contributed by atoms with Crippen molar-refractivity contribution >= 4 is 5.97 Å². The number of hydrogen-bond acceptors (Lipinski definition) is 7. The second kappa shape index (κ2) is 18.1. The topological polar surface area (TPSA) is 83.5 Å². The van der Waals surface area contributed by atoms with E-state index in [1.165, 1.54) is 12.7 Å². The summed E-state index contributed by atoms with van der Waals surface area (Å²) in [6, 6.07) is 0. The van der Waals surface area contributed by atoms with Gasteiger partial charge in [0.15, 0.2) is 12.6 Å². The van der Waals surface area contributed by atoms with Crippen molar-refractivity contribution in [2.45, 2.75) is 129 Å². The molecule has 0 aromatic heterocycles. The molecule has 7 heteroatoms. The fourth-order valence-electron chi connectivity index (χ4n) is 5.84. The number of aliphatic hydroxyl groups excluding tert-OH is 1. The van der Waals surface area contributed by atoms with Crippen LogP contribution in [0, 0.1) is 17.8 Å². The fraction of sp³-hybridized carbons (Fsp3) is 0.788. The second-order valence-electron chi connectivity index (χ2n) is 12.0. The molecule has 0 aromatic carbocycles. The third kappa shape index (κ3) is 11.4. The monoisotopic (exact) mass is 562 g/mol. The number of rotatable bonds is 15. The van der Waals surface area contributed by atoms with Gasteiger partial charge in [-0.3, -0.25) is 4.79 Å². The molecule has 0 amide bonds. The number of hydrogen-bond donors (Lipinski definition) is 1. The Bertz CT molecular complexity index is 806. The number of unbranched alkanes of at least 4 members (excludes halogenated alkanes) is 1. The van der Waals surface area contributed by atoms with Gasteiger partial charge in [-0.2, -0.15) is 0 Å². The van der Waals surface area contributed by atoms with E-state index in [1.807, 2.05) is 0 Å². The second-order valence-corrected chi connectivity index (χ2v) is 12.0. The smallest absolute Gasteiger partial charge is 0.305 e. The van der Waals surface area contributed by atoms with Crippen LogP contribution >= 0.6 is 0 Å². The maximum Gasteiger partial charge on any atom is 0.305 e. The zero-order chi connectivity index (χ0) is 28.7. The van der Waals surface area contributed by atoms with Gasteiger partial charge in [-0.25, -0.2) is 0 Å². The van der Waals surface area contributed by atoms with Gasteiger partial charge in [0.05, 0.1) is 25.4 Å². The highest BCUT2D eigenvalue weighted by Crippen LogP contribution is 2.40. The Balaban J connectivity index is 1.72. The lowest BCUT2D eigenvalue weighted by Gasteiger charge is -2.31. The molecule has 3 unspecified atom stereocenters. The lowest BCUT2D eigenvalue weighted by molar-refractivity contribution is -0.193. The predicted octanol–water partition coefficient (Wildman–Crippen LogP) is 6.65. The van der Waals surface area contributed by atoms with Crippen LogP contribution in [-0.4, -0.2) is 62.3 Å². The summed E-state index contributed by atoms with van der Waals surface area (Å²) in [7, 11) is 1.42. The molecule has 0 spiro atoms. The van der Waals surface area contributed by atoms with Crippen molar-refractivity contribution in [3.05, 3.63) is 36.0 Å². The van der Waals surface area contributed by atoms with Crippen LogP contribution in [-0.2, 0) is 28.5 Å². The fourth-order valence-corrected chi connectivity index (χ4v) is 5.84. The van der Waals surface area contributed by atoms with Gasteiger partial charge >= 0.3 is 5.97 Å². The first-order chi connectivity index (χ1) is 19.4. The van der Waals surface area contributed by atoms with E-state index < -0.39 is 6.10 Å². The minimum Gasteiger partial charge on any atom is -0.469 e. The third-order valence-corrected chi connectivity index (χ3v) is 8.34. The summed E-state index contributed by atoms with van der Waals surface area (Å²) in [4.78, 5) is 11.4. The Kier molecular flexibility index (Phi) is 14.9. The Morgan fingerprint density at radius 2 is 1.77 bits per heavy atom. The molecule has 7 nitrogen and oxygen atoms in total. The van der Waals surface area contributed by atoms with Gasteiger partial charge in [-0.05, 0) is 89.9 Å². The number of allylic oxidation sites excluding steroid dienone is 4. The van der Waals surface area contributed by atoms with E-state index in [2.05, 4.69) is 51.2 Å². The van der Waals surface area contributed by atoms with E-state index >= 15 is 0 Å². The van der Waals surface area contributed by atoms with Gasteiger partial charge < -0.3 is 28.8 Å². The molecule has 2 heterocycles. The first-order valence-electron chi connectivity index (χ1n) is 15.6. The maximum atomic E-state index is 11.4. The molecule has 2 saturated heterocycles. The van der Waals surface area contributed by atoms with Crippen LogP contribution in [0.25, 0.3) is 0 Å². The summed E-state index contributed by atoms with van der Waals surface area (Å²) in [6.45, 7) is 7.98. The van der Waals surface area contributed by atoms with E-state index in [0.717, 1.165) is 77.4 Å². The molecule has 2 aliphatic heterocycles. The summed E-state index contributed by atoms with van der Waals surface area (Å²) in [5.74, 6) is 0.205. The quantitative estimate of drug-likeness (QED) is 0.136. The largest absolute Gasteiger partial charge is 0.469 e. The van der Waals surface area contributed by atoms with E-state index in [1.54, 1.807) is 0 Å². The minimum absolute atomic E-state index is 0.0429. The molecule has 0 bridgehead atoms. The van der Waals surface area contributed by atoms with Crippen LogP contribution in [0.1, 0.15) is 97.8 Å². The van der Waals surface area contributed by atoms with Crippen molar-refractivity contribution in [2.24, 2.45) is 17.8 Å². The first kappa shape index (κ1) is 33.0. The molecule has 3 fully saturated rings. The van der Waals surface area contributed by atoms with Crippen molar-refractivity contribution in [3.8, 4) is 0 Å². The number of methoxy groups -OCH3 is 1. The summed E-state index contributed by atoms with van der Waals surface area (Å²) in [5, 5.41) is 11.1. The summed E-state index contributed by atoms with van der Waals surface area (Å²) in [5.41, 5.74) is 1.31. The number of carbonyl (C=O) groups is 1. The van der Waals surface area contributed by atoms with Crippen molar-refractivity contribution in [3.63, 3.8) is 0 Å². The first-order valence-corrected chi connectivity index (χ1v) is 15.6. The SMILES string of the molecule is COC(=O)CCC/C=C\C[C@@H]1[C@@H](/C=C/[C@@H](OC2CCCCO2)C(C)CC=C(C)C)[C@H](OC2CCCCO2)C[C@@H]1O. The van der Waals surface area contributed by atoms with Gasteiger partial charge in [-0.15, -0.1) is 0 Å². The van der Waals surface area contributed by atoms with Gasteiger partial charge in [0, 0.05) is 32.0 Å². The van der Waals surface area contributed by atoms with Gasteiger partial charge in [0.1, 0.15) is 0 Å². The lowest BCUT2D eigenvalue weighted by Crippen LogP contribution is -2.32. The van der Waals surface area contributed by atoms with Crippen LogP contribution in [0.15, 0.2) is 36.0 Å². The average Bonchev–Trinajstić information content (AvgIpc) is 3.25. The Morgan fingerprint density at radius 1 is 1.05 bits per heavy atom. The van der Waals surface area contributed by atoms with Crippen LogP contribution in [0.4, 0.5) is 0 Å². The van der Waals surface area contributed by atoms with Crippen LogP contribution in [0.3, 0.4) is 0 Å². The Labute approximate surface area is 242 Å². The zero-order valence-electron chi connectivity index (χ0n) is 25.3. The molecular weight excluding hydrogens is 508 g/mol. The van der Waals surface area contributed by atoms with Gasteiger partial charge in [0.25, 0.3) is 0 Å². The Morgan fingerprint density at radius 3 is 2.42 bits per heavy atom. The average molecular weight is 563 g/mol. The summed E-state index contributed by atoms with van der Waals surface area (Å²) < 4.78 is 29.6. The molecule has 8 atom stereocenters. The molecule has 3 rings (SSSR count). The standard InChI is InChI=1S/C33H54O7/c1-24(2)17-18-25(3)29(39-32-15-9-11-21-37-32)20-19-27-26(13-7-5-6-8-14-31(35)36-4)28(34)23-30(27)40-33-16-10-12-22-38-33/h5,7,17,19-20,25-30,32-34H,6,8-16,18,21-23H2,1-4H3/b7-5-,20-19+/t25?,26-,27-,28+,29-,30-,32?,33?/m1/s1. The van der Waals surface area contributed by atoms with Gasteiger partial charge in [0.2, 0.25) is 0 Å². The van der Waals surface area contributed by atoms with Crippen LogP contribution < -0.4 is 0 Å². The summed E-state index contributed by atoms with van der Waals surface area (Å²) >= 11 is 0. The number of esters is 1. The maximum absolute atomic E-state index is 11.4. The van der Waals surface area contributed by atoms with Crippen LogP contribution in [0.2, 0.25) is 0 Å². The van der Waals surface area contributed by atoms with Crippen molar-refractivity contribution in [1.82, 2.24) is 0 Å². The van der Waals surface area contributed by atoms with E-state index in [4.69, 9.17) is 23.7 Å². The highest BCUT2D eigenvalue weighted by molar-refractivity contribution is 5.69. The molecule has 3 aliphatic rings. The van der Waals surface area contributed by atoms with Crippen LogP contribution in [0.5, 0.6) is 0 Å².